The lowest BCUT2D eigenvalue weighted by Gasteiger charge is -2.29. The molecule has 0 fully saturated rings. The van der Waals surface area contributed by atoms with Gasteiger partial charge in [0.05, 0.1) is 12.3 Å². The second-order valence-electron chi connectivity index (χ2n) is 11.5. The molecule has 10 nitrogen and oxygen atoms in total. The number of halogens is 1. The minimum Gasteiger partial charge on any atom is -0.444 e. The van der Waals surface area contributed by atoms with Gasteiger partial charge in [0.1, 0.15) is 23.3 Å². The number of hydrogen-bond donors (Lipinski definition) is 0. The third-order valence-corrected chi connectivity index (χ3v) is 5.94. The van der Waals surface area contributed by atoms with E-state index in [4.69, 9.17) is 18.8 Å². The lowest BCUT2D eigenvalue weighted by atomic mass is 9.96. The number of aromatic nitrogens is 1. The van der Waals surface area contributed by atoms with Gasteiger partial charge < -0.3 is 23.7 Å². The van der Waals surface area contributed by atoms with E-state index in [1.54, 1.807) is 43.9 Å². The summed E-state index contributed by atoms with van der Waals surface area (Å²) in [5, 5.41) is 8.01. The Hall–Kier alpha value is -3.89. The van der Waals surface area contributed by atoms with Gasteiger partial charge in [0.15, 0.2) is 11.9 Å². The van der Waals surface area contributed by atoms with Gasteiger partial charge >= 0.3 is 12.2 Å². The Balaban J connectivity index is 1.39. The standard InChI is InChI=1S/C28H35FN4O6/c1-27(2,3)37-25(34)32-12-9-18(10-13-32)21-8-7-19(15-22(21)29)23-16-20(39-30-23)17-33(24-11-14-36-31-24)26(35)38-28(4,5)6/h7-9,11,14-15,20H,10,12-13,16-17H2,1-6H3. The van der Waals surface area contributed by atoms with Crippen molar-refractivity contribution < 1.29 is 32.8 Å². The van der Waals surface area contributed by atoms with Gasteiger partial charge in [-0.2, -0.15) is 0 Å². The first kappa shape index (κ1) is 28.1. The number of carbonyl (C=O) groups is 2. The third kappa shape index (κ3) is 7.36. The fourth-order valence-electron chi connectivity index (χ4n) is 4.19. The number of amides is 2. The van der Waals surface area contributed by atoms with Crippen molar-refractivity contribution in [2.75, 3.05) is 24.5 Å². The molecule has 1 unspecified atom stereocenters. The molecular weight excluding hydrogens is 507 g/mol. The van der Waals surface area contributed by atoms with Crippen LogP contribution in [0.25, 0.3) is 5.57 Å². The fourth-order valence-corrected chi connectivity index (χ4v) is 4.19. The monoisotopic (exact) mass is 542 g/mol. The Morgan fingerprint density at radius 1 is 1.13 bits per heavy atom. The summed E-state index contributed by atoms with van der Waals surface area (Å²) in [5.74, 6) is -0.0868. The van der Waals surface area contributed by atoms with Gasteiger partial charge in [0.25, 0.3) is 0 Å². The number of oxime groups is 1. The molecule has 0 saturated carbocycles. The van der Waals surface area contributed by atoms with Gasteiger partial charge in [-0.15, -0.1) is 0 Å². The summed E-state index contributed by atoms with van der Waals surface area (Å²) in [7, 11) is 0. The minimum atomic E-state index is -0.696. The average Bonchev–Trinajstić information content (AvgIpc) is 3.53. The predicted octanol–water partition coefficient (Wildman–Crippen LogP) is 5.77. The zero-order chi connectivity index (χ0) is 28.4. The van der Waals surface area contributed by atoms with Gasteiger partial charge in [-0.25, -0.2) is 14.0 Å². The maximum absolute atomic E-state index is 15.2. The first-order chi connectivity index (χ1) is 18.3. The molecule has 3 heterocycles. The lowest BCUT2D eigenvalue weighted by Crippen LogP contribution is -2.41. The maximum atomic E-state index is 15.2. The van der Waals surface area contributed by atoms with E-state index in [1.807, 2.05) is 26.8 Å². The summed E-state index contributed by atoms with van der Waals surface area (Å²) in [4.78, 5) is 33.6. The van der Waals surface area contributed by atoms with Gasteiger partial charge in [-0.05, 0) is 59.6 Å². The minimum absolute atomic E-state index is 0.121. The van der Waals surface area contributed by atoms with Crippen LogP contribution in [-0.2, 0) is 14.3 Å². The molecule has 11 heteroatoms. The molecule has 1 aromatic heterocycles. The van der Waals surface area contributed by atoms with E-state index in [0.29, 0.717) is 48.6 Å². The zero-order valence-electron chi connectivity index (χ0n) is 23.2. The largest absolute Gasteiger partial charge is 0.444 e. The first-order valence-electron chi connectivity index (χ1n) is 12.9. The molecule has 1 aromatic carbocycles. The topological polar surface area (TPSA) is 107 Å². The van der Waals surface area contributed by atoms with E-state index in [2.05, 4.69) is 10.3 Å². The molecule has 2 amide bonds. The maximum Gasteiger partial charge on any atom is 0.416 e. The summed E-state index contributed by atoms with van der Waals surface area (Å²) >= 11 is 0. The Morgan fingerprint density at radius 3 is 2.46 bits per heavy atom. The van der Waals surface area contributed by atoms with Crippen LogP contribution in [-0.4, -0.2) is 64.9 Å². The summed E-state index contributed by atoms with van der Waals surface area (Å²) in [6, 6.07) is 6.51. The molecule has 0 radical (unpaired) electrons. The fraction of sp³-hybridized carbons (Fsp3) is 0.500. The third-order valence-electron chi connectivity index (χ3n) is 5.94. The molecule has 2 aliphatic rings. The van der Waals surface area contributed by atoms with Gasteiger partial charge in [-0.1, -0.05) is 28.5 Å². The van der Waals surface area contributed by atoms with Crippen molar-refractivity contribution in [3.8, 4) is 0 Å². The SMILES string of the molecule is CC(C)(C)OC(=O)N1CC=C(c2ccc(C3=NOC(CN(C(=O)OC(C)(C)C)c4ccon4)C3)cc2F)CC1. The van der Waals surface area contributed by atoms with Crippen molar-refractivity contribution >= 4 is 29.3 Å². The molecule has 0 spiro atoms. The predicted molar refractivity (Wildman–Crippen MR) is 143 cm³/mol. The molecule has 4 rings (SSSR count). The van der Waals surface area contributed by atoms with Crippen LogP contribution in [0.5, 0.6) is 0 Å². The summed E-state index contributed by atoms with van der Waals surface area (Å²) in [6.45, 7) is 11.7. The summed E-state index contributed by atoms with van der Waals surface area (Å²) in [5.41, 5.74) is 1.22. The normalized spacial score (nSPS) is 17.7. The Labute approximate surface area is 227 Å². The molecule has 2 aliphatic heterocycles. The van der Waals surface area contributed by atoms with Crippen molar-refractivity contribution in [3.63, 3.8) is 0 Å². The van der Waals surface area contributed by atoms with Crippen molar-refractivity contribution in [3.05, 3.63) is 53.5 Å². The van der Waals surface area contributed by atoms with E-state index in [-0.39, 0.29) is 18.5 Å². The summed E-state index contributed by atoms with van der Waals surface area (Å²) < 4.78 is 31.0. The lowest BCUT2D eigenvalue weighted by molar-refractivity contribution is 0.0270. The van der Waals surface area contributed by atoms with Gasteiger partial charge in [0.2, 0.25) is 0 Å². The van der Waals surface area contributed by atoms with Crippen LogP contribution >= 0.6 is 0 Å². The van der Waals surface area contributed by atoms with E-state index in [9.17, 15) is 9.59 Å². The Kier molecular flexibility index (Phi) is 7.99. The van der Waals surface area contributed by atoms with Crippen LogP contribution in [0.1, 0.15) is 65.5 Å². The number of carbonyl (C=O) groups excluding carboxylic acids is 2. The molecule has 0 N–H and O–H groups in total. The van der Waals surface area contributed by atoms with Gasteiger partial charge in [-0.3, -0.25) is 4.90 Å². The Morgan fingerprint density at radius 2 is 1.87 bits per heavy atom. The van der Waals surface area contributed by atoms with Crippen LogP contribution in [0, 0.1) is 5.82 Å². The molecule has 210 valence electrons. The first-order valence-corrected chi connectivity index (χ1v) is 12.9. The zero-order valence-corrected chi connectivity index (χ0v) is 23.2. The smallest absolute Gasteiger partial charge is 0.416 e. The molecule has 0 saturated heterocycles. The van der Waals surface area contributed by atoms with Crippen LogP contribution in [0.2, 0.25) is 0 Å². The van der Waals surface area contributed by atoms with Crippen molar-refractivity contribution in [2.24, 2.45) is 5.16 Å². The highest BCUT2D eigenvalue weighted by Gasteiger charge is 2.32. The van der Waals surface area contributed by atoms with Crippen molar-refractivity contribution in [1.29, 1.82) is 0 Å². The van der Waals surface area contributed by atoms with Crippen LogP contribution < -0.4 is 4.90 Å². The van der Waals surface area contributed by atoms with E-state index in [0.717, 1.165) is 5.57 Å². The number of nitrogens with zero attached hydrogens (tertiary/aromatic N) is 4. The number of anilines is 1. The van der Waals surface area contributed by atoms with Crippen molar-refractivity contribution in [1.82, 2.24) is 10.1 Å². The molecule has 0 aliphatic carbocycles. The quantitative estimate of drug-likeness (QED) is 0.472. The van der Waals surface area contributed by atoms with Crippen LogP contribution in [0.4, 0.5) is 19.8 Å². The van der Waals surface area contributed by atoms with Gasteiger partial charge in [0, 0.05) is 36.7 Å². The molecule has 1 atom stereocenters. The molecular formula is C28H35FN4O6. The second kappa shape index (κ2) is 11.1. The van der Waals surface area contributed by atoms with E-state index < -0.39 is 23.4 Å². The molecule has 39 heavy (non-hydrogen) atoms. The Bertz CT molecular complexity index is 1260. The molecule has 0 bridgehead atoms. The summed E-state index contributed by atoms with van der Waals surface area (Å²) in [6.07, 6.45) is 2.66. The van der Waals surface area contributed by atoms with E-state index >= 15 is 4.39 Å². The van der Waals surface area contributed by atoms with Crippen LogP contribution in [0.3, 0.4) is 0 Å². The number of hydrogen-bond acceptors (Lipinski definition) is 8. The van der Waals surface area contributed by atoms with Crippen LogP contribution in [0.15, 0.2) is 46.3 Å². The highest BCUT2D eigenvalue weighted by atomic mass is 19.1. The highest BCUT2D eigenvalue weighted by molar-refractivity contribution is 6.01. The molecule has 2 aromatic rings. The number of rotatable bonds is 5. The number of benzene rings is 1. The van der Waals surface area contributed by atoms with E-state index in [1.165, 1.54) is 17.2 Å². The van der Waals surface area contributed by atoms with Crippen molar-refractivity contribution in [2.45, 2.75) is 71.7 Å². The average molecular weight is 543 g/mol. The second-order valence-corrected chi connectivity index (χ2v) is 11.5. The highest BCUT2D eigenvalue weighted by Crippen LogP contribution is 2.28. The number of ether oxygens (including phenoxy) is 2.